The van der Waals surface area contributed by atoms with Gasteiger partial charge in [-0.25, -0.2) is 4.98 Å². The van der Waals surface area contributed by atoms with Gasteiger partial charge in [-0.1, -0.05) is 13.0 Å². The highest BCUT2D eigenvalue weighted by molar-refractivity contribution is 5.96. The van der Waals surface area contributed by atoms with Crippen molar-refractivity contribution >= 4 is 17.3 Å². The van der Waals surface area contributed by atoms with Crippen molar-refractivity contribution in [2.75, 3.05) is 36.5 Å². The van der Waals surface area contributed by atoms with E-state index < -0.39 is 0 Å². The molecule has 5 heteroatoms. The fourth-order valence-electron chi connectivity index (χ4n) is 2.97. The largest absolute Gasteiger partial charge is 0.381 e. The lowest BCUT2D eigenvalue weighted by Gasteiger charge is -2.29. The Morgan fingerprint density at radius 2 is 1.96 bits per heavy atom. The number of carbonyl (C=O) groups excluding carboxylic acids is 1. The van der Waals surface area contributed by atoms with Crippen molar-refractivity contribution in [2.24, 2.45) is 0 Å². The Kier molecular flexibility index (Phi) is 6.01. The van der Waals surface area contributed by atoms with Gasteiger partial charge in [0.15, 0.2) is 5.78 Å². The molecule has 0 radical (unpaired) electrons. The molecule has 0 bridgehead atoms. The highest BCUT2D eigenvalue weighted by Crippen LogP contribution is 2.20. The molecule has 1 aromatic heterocycles. The summed E-state index contributed by atoms with van der Waals surface area (Å²) in [6, 6.07) is 11.8. The highest BCUT2D eigenvalue weighted by atomic mass is 16.5. The van der Waals surface area contributed by atoms with Crippen molar-refractivity contribution in [1.29, 1.82) is 0 Å². The molecule has 1 saturated heterocycles. The minimum absolute atomic E-state index is 0.205. The van der Waals surface area contributed by atoms with Gasteiger partial charge in [0.25, 0.3) is 0 Å². The van der Waals surface area contributed by atoms with E-state index in [-0.39, 0.29) is 5.78 Å². The summed E-state index contributed by atoms with van der Waals surface area (Å²) in [7, 11) is 0. The Hall–Kier alpha value is -2.40. The standard InChI is InChI=1S/C20H25N3O2/c1-2-4-19(24)16-6-8-18(9-7-16)22-15-17-5-3-10-21-20(17)23-11-13-25-14-12-23/h3,5-10,22H,2,4,11-15H2,1H3. The van der Waals surface area contributed by atoms with Crippen LogP contribution in [-0.4, -0.2) is 37.1 Å². The van der Waals surface area contributed by atoms with Gasteiger partial charge in [-0.15, -0.1) is 0 Å². The summed E-state index contributed by atoms with van der Waals surface area (Å²) < 4.78 is 5.43. The van der Waals surface area contributed by atoms with E-state index in [0.717, 1.165) is 55.4 Å². The van der Waals surface area contributed by atoms with Gasteiger partial charge < -0.3 is 15.0 Å². The number of Topliss-reactive ketones (excluding diaryl/α,β-unsaturated/α-hetero) is 1. The third-order valence-corrected chi connectivity index (χ3v) is 4.35. The molecule has 5 nitrogen and oxygen atoms in total. The molecule has 0 spiro atoms. The Bertz CT molecular complexity index is 694. The minimum Gasteiger partial charge on any atom is -0.381 e. The summed E-state index contributed by atoms with van der Waals surface area (Å²) in [5.41, 5.74) is 2.95. The molecule has 25 heavy (non-hydrogen) atoms. The third-order valence-electron chi connectivity index (χ3n) is 4.35. The van der Waals surface area contributed by atoms with Gasteiger partial charge in [-0.3, -0.25) is 4.79 Å². The number of nitrogens with zero attached hydrogens (tertiary/aromatic N) is 2. The average Bonchev–Trinajstić information content (AvgIpc) is 2.68. The van der Waals surface area contributed by atoms with E-state index in [1.54, 1.807) is 0 Å². The molecule has 0 amide bonds. The number of morpholine rings is 1. The second-order valence-corrected chi connectivity index (χ2v) is 6.19. The maximum atomic E-state index is 11.9. The van der Waals surface area contributed by atoms with Gasteiger partial charge in [-0.05, 0) is 36.8 Å². The molecule has 0 unspecified atom stereocenters. The first-order chi connectivity index (χ1) is 12.3. The molecule has 1 aliphatic heterocycles. The van der Waals surface area contributed by atoms with E-state index >= 15 is 0 Å². The maximum absolute atomic E-state index is 11.9. The first kappa shape index (κ1) is 17.4. The number of anilines is 2. The van der Waals surface area contributed by atoms with Gasteiger partial charge in [0.05, 0.1) is 13.2 Å². The molecule has 0 aliphatic carbocycles. The number of aromatic nitrogens is 1. The number of hydrogen-bond donors (Lipinski definition) is 1. The molecule has 2 heterocycles. The first-order valence-corrected chi connectivity index (χ1v) is 8.91. The van der Waals surface area contributed by atoms with Gasteiger partial charge in [0.2, 0.25) is 0 Å². The number of carbonyl (C=O) groups is 1. The Morgan fingerprint density at radius 3 is 2.68 bits per heavy atom. The van der Waals surface area contributed by atoms with Crippen molar-refractivity contribution in [3.63, 3.8) is 0 Å². The zero-order valence-electron chi connectivity index (χ0n) is 14.7. The molecule has 3 rings (SSSR count). The van der Waals surface area contributed by atoms with Crippen LogP contribution in [0.2, 0.25) is 0 Å². The molecular formula is C20H25N3O2. The fourth-order valence-corrected chi connectivity index (χ4v) is 2.97. The fraction of sp³-hybridized carbons (Fsp3) is 0.400. The number of ketones is 1. The summed E-state index contributed by atoms with van der Waals surface area (Å²) in [5.74, 6) is 1.23. The average molecular weight is 339 g/mol. The van der Waals surface area contributed by atoms with E-state index in [1.807, 2.05) is 43.5 Å². The van der Waals surface area contributed by atoms with Gasteiger partial charge in [-0.2, -0.15) is 0 Å². The number of pyridine rings is 1. The van der Waals surface area contributed by atoms with Crippen LogP contribution in [0.15, 0.2) is 42.6 Å². The monoisotopic (exact) mass is 339 g/mol. The van der Waals surface area contributed by atoms with Crippen molar-refractivity contribution < 1.29 is 9.53 Å². The Morgan fingerprint density at radius 1 is 1.20 bits per heavy atom. The normalized spacial score (nSPS) is 14.4. The molecule has 132 valence electrons. The van der Waals surface area contributed by atoms with E-state index in [4.69, 9.17) is 4.74 Å². The smallest absolute Gasteiger partial charge is 0.162 e. The van der Waals surface area contributed by atoms with Gasteiger partial charge >= 0.3 is 0 Å². The van der Waals surface area contributed by atoms with E-state index in [1.165, 1.54) is 0 Å². The van der Waals surface area contributed by atoms with Crippen molar-refractivity contribution in [2.45, 2.75) is 26.3 Å². The van der Waals surface area contributed by atoms with E-state index in [0.29, 0.717) is 13.0 Å². The number of benzene rings is 1. The van der Waals surface area contributed by atoms with Crippen molar-refractivity contribution in [1.82, 2.24) is 4.98 Å². The van der Waals surface area contributed by atoms with Crippen molar-refractivity contribution in [3.05, 3.63) is 53.7 Å². The molecule has 1 aliphatic rings. The summed E-state index contributed by atoms with van der Waals surface area (Å²) in [6.45, 7) is 5.96. The van der Waals surface area contributed by atoms with E-state index in [2.05, 4.69) is 21.3 Å². The summed E-state index contributed by atoms with van der Waals surface area (Å²) in [5, 5.41) is 3.43. The predicted molar refractivity (Wildman–Crippen MR) is 100 cm³/mol. The highest BCUT2D eigenvalue weighted by Gasteiger charge is 2.15. The van der Waals surface area contributed by atoms with Crippen LogP contribution in [0.5, 0.6) is 0 Å². The van der Waals surface area contributed by atoms with Crippen LogP contribution in [0.25, 0.3) is 0 Å². The van der Waals surface area contributed by atoms with Crippen LogP contribution in [0, 0.1) is 0 Å². The van der Waals surface area contributed by atoms with Crippen LogP contribution < -0.4 is 10.2 Å². The number of nitrogens with one attached hydrogen (secondary N) is 1. The van der Waals surface area contributed by atoms with Crippen LogP contribution in [0.1, 0.15) is 35.7 Å². The Labute approximate surface area is 149 Å². The summed E-state index contributed by atoms with van der Waals surface area (Å²) >= 11 is 0. The van der Waals surface area contributed by atoms with Gasteiger partial charge in [0.1, 0.15) is 5.82 Å². The molecule has 1 N–H and O–H groups in total. The number of hydrogen-bond acceptors (Lipinski definition) is 5. The SMILES string of the molecule is CCCC(=O)c1ccc(NCc2cccnc2N2CCOCC2)cc1. The van der Waals surface area contributed by atoms with Gasteiger partial charge in [0, 0.05) is 49.1 Å². The number of ether oxygens (including phenoxy) is 1. The van der Waals surface area contributed by atoms with Crippen LogP contribution in [0.3, 0.4) is 0 Å². The second kappa shape index (κ2) is 8.62. The van der Waals surface area contributed by atoms with E-state index in [9.17, 15) is 4.79 Å². The lowest BCUT2D eigenvalue weighted by molar-refractivity contribution is 0.0981. The lowest BCUT2D eigenvalue weighted by atomic mass is 10.1. The zero-order valence-corrected chi connectivity index (χ0v) is 14.7. The summed E-state index contributed by atoms with van der Waals surface area (Å²) in [6.07, 6.45) is 3.32. The quantitative estimate of drug-likeness (QED) is 0.782. The molecule has 0 atom stereocenters. The number of rotatable bonds is 7. The molecular weight excluding hydrogens is 314 g/mol. The maximum Gasteiger partial charge on any atom is 0.162 e. The second-order valence-electron chi connectivity index (χ2n) is 6.19. The predicted octanol–water partition coefficient (Wildman–Crippen LogP) is 3.51. The van der Waals surface area contributed by atoms with Crippen molar-refractivity contribution in [3.8, 4) is 0 Å². The topological polar surface area (TPSA) is 54.5 Å². The minimum atomic E-state index is 0.205. The first-order valence-electron chi connectivity index (χ1n) is 8.91. The van der Waals surface area contributed by atoms with Crippen LogP contribution in [0.4, 0.5) is 11.5 Å². The molecule has 2 aromatic rings. The molecule has 0 saturated carbocycles. The third kappa shape index (κ3) is 4.57. The van der Waals surface area contributed by atoms with Crippen LogP contribution >= 0.6 is 0 Å². The lowest BCUT2D eigenvalue weighted by Crippen LogP contribution is -2.37. The molecule has 1 fully saturated rings. The zero-order chi connectivity index (χ0) is 17.5. The van der Waals surface area contributed by atoms with Crippen LogP contribution in [-0.2, 0) is 11.3 Å². The molecule has 1 aromatic carbocycles. The summed E-state index contributed by atoms with van der Waals surface area (Å²) in [4.78, 5) is 18.7. The Balaban J connectivity index is 1.64.